The molecule has 0 aromatic heterocycles. The standard InChI is InChI=1S/C14H13ClO3/c15-9-3-1-8(2-4-9)7-14-10(5-6-11(14)16)12(14)13(17)18/h1-4,10,12H,5-7H2,(H,17,18)/t10-,12-,14-/m0/s1. The zero-order valence-corrected chi connectivity index (χ0v) is 10.5. The number of carbonyl (C=O) groups excluding carboxylic acids is 1. The van der Waals surface area contributed by atoms with Crippen LogP contribution in [0, 0.1) is 17.3 Å². The number of carboxylic acids is 1. The Morgan fingerprint density at radius 1 is 1.39 bits per heavy atom. The third-order valence-electron chi connectivity index (χ3n) is 4.39. The molecule has 2 aliphatic carbocycles. The van der Waals surface area contributed by atoms with Gasteiger partial charge in [0.15, 0.2) is 0 Å². The maximum absolute atomic E-state index is 12.0. The Labute approximate surface area is 110 Å². The van der Waals surface area contributed by atoms with Gasteiger partial charge in [0.2, 0.25) is 0 Å². The lowest BCUT2D eigenvalue weighted by Gasteiger charge is -2.12. The van der Waals surface area contributed by atoms with Crippen LogP contribution >= 0.6 is 11.6 Å². The van der Waals surface area contributed by atoms with E-state index in [1.165, 1.54) is 0 Å². The predicted molar refractivity (Wildman–Crippen MR) is 66.4 cm³/mol. The SMILES string of the molecule is O=C(O)[C@@H]1[C@@H]2CCC(=O)[C@@]12Cc1ccc(Cl)cc1. The van der Waals surface area contributed by atoms with Crippen LogP contribution in [-0.4, -0.2) is 16.9 Å². The average molecular weight is 265 g/mol. The van der Waals surface area contributed by atoms with E-state index in [0.29, 0.717) is 17.9 Å². The summed E-state index contributed by atoms with van der Waals surface area (Å²) >= 11 is 5.82. The Bertz CT molecular complexity index is 522. The second-order valence-electron chi connectivity index (χ2n) is 5.23. The minimum Gasteiger partial charge on any atom is -0.481 e. The van der Waals surface area contributed by atoms with E-state index in [1.807, 2.05) is 12.1 Å². The number of ketones is 1. The Morgan fingerprint density at radius 2 is 2.06 bits per heavy atom. The number of Topliss-reactive ketones (excluding diaryl/α,β-unsaturated/α-hetero) is 1. The van der Waals surface area contributed by atoms with Gasteiger partial charge >= 0.3 is 5.97 Å². The monoisotopic (exact) mass is 264 g/mol. The molecule has 1 aromatic carbocycles. The second kappa shape index (κ2) is 3.82. The molecule has 0 spiro atoms. The molecule has 3 rings (SSSR count). The lowest BCUT2D eigenvalue weighted by molar-refractivity contribution is -0.142. The Balaban J connectivity index is 1.88. The van der Waals surface area contributed by atoms with E-state index < -0.39 is 17.3 Å². The van der Waals surface area contributed by atoms with Gasteiger partial charge in [-0.25, -0.2) is 0 Å². The fourth-order valence-corrected chi connectivity index (χ4v) is 3.64. The molecule has 0 amide bonds. The lowest BCUT2D eigenvalue weighted by Crippen LogP contribution is -2.22. The van der Waals surface area contributed by atoms with Gasteiger partial charge in [-0.15, -0.1) is 0 Å². The van der Waals surface area contributed by atoms with Crippen molar-refractivity contribution in [1.82, 2.24) is 0 Å². The summed E-state index contributed by atoms with van der Waals surface area (Å²) in [6, 6.07) is 7.30. The zero-order valence-electron chi connectivity index (χ0n) is 9.73. The highest BCUT2D eigenvalue weighted by Crippen LogP contribution is 2.67. The topological polar surface area (TPSA) is 54.4 Å². The van der Waals surface area contributed by atoms with Crippen molar-refractivity contribution in [3.05, 3.63) is 34.9 Å². The van der Waals surface area contributed by atoms with Crippen molar-refractivity contribution >= 4 is 23.4 Å². The Morgan fingerprint density at radius 3 is 2.61 bits per heavy atom. The number of rotatable bonds is 3. The van der Waals surface area contributed by atoms with Gasteiger partial charge in [-0.2, -0.15) is 0 Å². The van der Waals surface area contributed by atoms with Gasteiger partial charge in [0.05, 0.1) is 11.3 Å². The van der Waals surface area contributed by atoms with Crippen molar-refractivity contribution in [2.75, 3.05) is 0 Å². The molecule has 2 fully saturated rings. The quantitative estimate of drug-likeness (QED) is 0.913. The molecule has 18 heavy (non-hydrogen) atoms. The first-order valence-electron chi connectivity index (χ1n) is 6.06. The van der Waals surface area contributed by atoms with Gasteiger partial charge in [-0.1, -0.05) is 23.7 Å². The maximum Gasteiger partial charge on any atom is 0.307 e. The van der Waals surface area contributed by atoms with Crippen LogP contribution in [0.2, 0.25) is 5.02 Å². The number of carboxylic acid groups (broad SMARTS) is 1. The fourth-order valence-electron chi connectivity index (χ4n) is 3.51. The van der Waals surface area contributed by atoms with E-state index in [-0.39, 0.29) is 11.7 Å². The van der Waals surface area contributed by atoms with Gasteiger partial charge < -0.3 is 5.11 Å². The molecule has 0 heterocycles. The highest BCUT2D eigenvalue weighted by Gasteiger charge is 2.74. The van der Waals surface area contributed by atoms with E-state index in [4.69, 9.17) is 11.6 Å². The van der Waals surface area contributed by atoms with Crippen LogP contribution in [0.3, 0.4) is 0 Å². The van der Waals surface area contributed by atoms with Gasteiger partial charge in [-0.05, 0) is 36.5 Å². The fraction of sp³-hybridized carbons (Fsp3) is 0.429. The molecule has 4 heteroatoms. The summed E-state index contributed by atoms with van der Waals surface area (Å²) in [7, 11) is 0. The van der Waals surface area contributed by atoms with Crippen molar-refractivity contribution in [2.24, 2.45) is 17.3 Å². The third-order valence-corrected chi connectivity index (χ3v) is 4.64. The number of hydrogen-bond acceptors (Lipinski definition) is 2. The third kappa shape index (κ3) is 1.50. The number of halogens is 1. The van der Waals surface area contributed by atoms with Gasteiger partial charge in [-0.3, -0.25) is 9.59 Å². The number of carbonyl (C=O) groups is 2. The molecule has 94 valence electrons. The summed E-state index contributed by atoms with van der Waals surface area (Å²) in [5.74, 6) is -1.15. The van der Waals surface area contributed by atoms with Crippen molar-refractivity contribution in [1.29, 1.82) is 0 Å². The smallest absolute Gasteiger partial charge is 0.307 e. The Hall–Kier alpha value is -1.35. The minimum atomic E-state index is -0.831. The Kier molecular flexibility index (Phi) is 2.49. The lowest BCUT2D eigenvalue weighted by atomic mass is 9.90. The van der Waals surface area contributed by atoms with Crippen molar-refractivity contribution in [2.45, 2.75) is 19.3 Å². The largest absolute Gasteiger partial charge is 0.481 e. The molecule has 0 bridgehead atoms. The van der Waals surface area contributed by atoms with E-state index in [0.717, 1.165) is 12.0 Å². The molecule has 1 aromatic rings. The molecule has 0 saturated heterocycles. The van der Waals surface area contributed by atoms with Crippen LogP contribution in [0.4, 0.5) is 0 Å². The minimum absolute atomic E-state index is 0.0400. The molecule has 2 aliphatic rings. The highest BCUT2D eigenvalue weighted by atomic mass is 35.5. The molecule has 0 aliphatic heterocycles. The normalized spacial score (nSPS) is 33.3. The predicted octanol–water partition coefficient (Wildman–Crippen LogP) is 2.56. The first-order chi connectivity index (χ1) is 8.55. The van der Waals surface area contributed by atoms with Crippen LogP contribution in [-0.2, 0) is 16.0 Å². The zero-order chi connectivity index (χ0) is 12.9. The number of aliphatic carboxylic acids is 1. The van der Waals surface area contributed by atoms with Crippen molar-refractivity contribution in [3.8, 4) is 0 Å². The summed E-state index contributed by atoms with van der Waals surface area (Å²) in [5.41, 5.74) is 0.364. The first-order valence-corrected chi connectivity index (χ1v) is 6.44. The number of benzene rings is 1. The molecular formula is C14H13ClO3. The van der Waals surface area contributed by atoms with Crippen molar-refractivity contribution < 1.29 is 14.7 Å². The van der Waals surface area contributed by atoms with Crippen molar-refractivity contribution in [3.63, 3.8) is 0 Å². The number of hydrogen-bond donors (Lipinski definition) is 1. The maximum atomic E-state index is 12.0. The first kappa shape index (κ1) is 11.7. The average Bonchev–Trinajstić information content (AvgIpc) is 2.88. The summed E-state index contributed by atoms with van der Waals surface area (Å²) in [6.07, 6.45) is 1.79. The summed E-state index contributed by atoms with van der Waals surface area (Å²) in [5, 5.41) is 9.84. The van der Waals surface area contributed by atoms with Crippen LogP contribution in [0.5, 0.6) is 0 Å². The molecule has 0 radical (unpaired) electrons. The summed E-state index contributed by atoms with van der Waals surface area (Å²) in [6.45, 7) is 0. The van der Waals surface area contributed by atoms with E-state index in [1.54, 1.807) is 12.1 Å². The molecule has 3 atom stereocenters. The van der Waals surface area contributed by atoms with Crippen LogP contribution < -0.4 is 0 Å². The molecule has 0 unspecified atom stereocenters. The van der Waals surface area contributed by atoms with Crippen LogP contribution in [0.15, 0.2) is 24.3 Å². The summed E-state index contributed by atoms with van der Waals surface area (Å²) < 4.78 is 0. The molecule has 3 nitrogen and oxygen atoms in total. The van der Waals surface area contributed by atoms with Crippen LogP contribution in [0.25, 0.3) is 0 Å². The van der Waals surface area contributed by atoms with E-state index in [9.17, 15) is 14.7 Å². The van der Waals surface area contributed by atoms with E-state index in [2.05, 4.69) is 0 Å². The van der Waals surface area contributed by atoms with Gasteiger partial charge in [0.1, 0.15) is 5.78 Å². The van der Waals surface area contributed by atoms with Crippen LogP contribution in [0.1, 0.15) is 18.4 Å². The second-order valence-corrected chi connectivity index (χ2v) is 5.66. The summed E-state index contributed by atoms with van der Waals surface area (Å²) in [4.78, 5) is 23.2. The van der Waals surface area contributed by atoms with E-state index >= 15 is 0 Å². The van der Waals surface area contributed by atoms with Gasteiger partial charge in [0, 0.05) is 11.4 Å². The molecule has 1 N–H and O–H groups in total. The van der Waals surface area contributed by atoms with Gasteiger partial charge in [0.25, 0.3) is 0 Å². The highest BCUT2D eigenvalue weighted by molar-refractivity contribution is 6.30. The number of fused-ring (bicyclic) bond motifs is 1. The molecule has 2 saturated carbocycles. The molecular weight excluding hydrogens is 252 g/mol.